The number of alkyl halides is 5. The number of halogens is 5. The number of phenols is 1. The Hall–Kier alpha value is -1.35. The zero-order chi connectivity index (χ0) is 30.1. The van der Waals surface area contributed by atoms with E-state index in [2.05, 4.69) is 17.9 Å². The summed E-state index contributed by atoms with van der Waals surface area (Å²) in [6.45, 7) is 4.24. The van der Waals surface area contributed by atoms with Crippen LogP contribution in [0.2, 0.25) is 0 Å². The molecule has 1 aliphatic heterocycles. The number of carbonyl (C=O) groups excluding carboxylic acids is 1. The summed E-state index contributed by atoms with van der Waals surface area (Å²) >= 11 is 1.50. The smallest absolute Gasteiger partial charge is 0.453 e. The fourth-order valence-corrected chi connectivity index (χ4v) is 10.0. The molecule has 0 amide bonds. The van der Waals surface area contributed by atoms with Gasteiger partial charge in [-0.25, -0.2) is 0 Å². The maximum atomic E-state index is 13.1. The average molecular weight is 616 g/mol. The van der Waals surface area contributed by atoms with Gasteiger partial charge < -0.3 is 5.11 Å². The Kier molecular flexibility index (Phi) is 9.88. The Bertz CT molecular complexity index is 1100. The molecule has 236 valence electrons. The first-order valence-electron chi connectivity index (χ1n) is 16.0. The number of thioether (sulfide) groups is 1. The largest absolute Gasteiger partial charge is 0.508 e. The van der Waals surface area contributed by atoms with Crippen LogP contribution in [0, 0.1) is 23.2 Å². The molecule has 42 heavy (non-hydrogen) atoms. The van der Waals surface area contributed by atoms with Gasteiger partial charge in [0.25, 0.3) is 0 Å². The van der Waals surface area contributed by atoms with Crippen molar-refractivity contribution in [1.29, 1.82) is 0 Å². The highest BCUT2D eigenvalue weighted by molar-refractivity contribution is 7.99. The molecule has 4 aliphatic rings. The van der Waals surface area contributed by atoms with Crippen molar-refractivity contribution < 1.29 is 31.9 Å². The van der Waals surface area contributed by atoms with Crippen molar-refractivity contribution in [3.8, 4) is 5.75 Å². The first kappa shape index (κ1) is 32.1. The molecule has 2 saturated carbocycles. The van der Waals surface area contributed by atoms with Crippen LogP contribution in [0.3, 0.4) is 0 Å². The number of fused-ring (bicyclic) bond motifs is 5. The minimum Gasteiger partial charge on any atom is -0.508 e. The summed E-state index contributed by atoms with van der Waals surface area (Å²) in [4.78, 5) is 15.4. The first-order valence-corrected chi connectivity index (χ1v) is 17.2. The highest BCUT2D eigenvalue weighted by Gasteiger charge is 2.57. The van der Waals surface area contributed by atoms with Crippen molar-refractivity contribution in [3.63, 3.8) is 0 Å². The van der Waals surface area contributed by atoms with Crippen LogP contribution in [0.25, 0.3) is 0 Å². The van der Waals surface area contributed by atoms with Crippen LogP contribution in [0.4, 0.5) is 22.0 Å². The molecule has 0 radical (unpaired) electrons. The molecule has 3 fully saturated rings. The highest BCUT2D eigenvalue weighted by atomic mass is 32.2. The average Bonchev–Trinajstić information content (AvgIpc) is 3.50. The Morgan fingerprint density at radius 2 is 1.88 bits per heavy atom. The third-order valence-corrected chi connectivity index (χ3v) is 12.3. The predicted octanol–water partition coefficient (Wildman–Crippen LogP) is 8.78. The number of phenolic OH excluding ortho intramolecular Hbond substituents is 1. The molecule has 6 atom stereocenters. The molecule has 3 nitrogen and oxygen atoms in total. The lowest BCUT2D eigenvalue weighted by Crippen LogP contribution is -2.46. The van der Waals surface area contributed by atoms with Gasteiger partial charge in [-0.1, -0.05) is 25.8 Å². The molecule has 0 aromatic heterocycles. The van der Waals surface area contributed by atoms with Crippen LogP contribution in [0.15, 0.2) is 18.2 Å². The summed E-state index contributed by atoms with van der Waals surface area (Å²) in [7, 11) is 0. The van der Waals surface area contributed by atoms with E-state index in [1.807, 2.05) is 12.1 Å². The second-order valence-electron chi connectivity index (χ2n) is 13.6. The fourth-order valence-electron chi connectivity index (χ4n) is 8.87. The van der Waals surface area contributed by atoms with Crippen LogP contribution in [0.1, 0.15) is 101 Å². The van der Waals surface area contributed by atoms with Gasteiger partial charge in [0.2, 0.25) is 0 Å². The number of aromatic hydroxyl groups is 1. The monoisotopic (exact) mass is 615 g/mol. The van der Waals surface area contributed by atoms with Crippen molar-refractivity contribution in [2.45, 2.75) is 114 Å². The number of carbonyl (C=O) groups is 1. The number of hydrogen-bond donors (Lipinski definition) is 1. The van der Waals surface area contributed by atoms with E-state index in [4.69, 9.17) is 0 Å². The Labute approximate surface area is 251 Å². The van der Waals surface area contributed by atoms with E-state index in [0.717, 1.165) is 89.5 Å². The van der Waals surface area contributed by atoms with Crippen molar-refractivity contribution in [1.82, 2.24) is 4.90 Å². The van der Waals surface area contributed by atoms with E-state index in [9.17, 15) is 31.9 Å². The molecule has 0 spiro atoms. The van der Waals surface area contributed by atoms with Gasteiger partial charge in [0.1, 0.15) is 11.5 Å². The van der Waals surface area contributed by atoms with E-state index in [1.165, 1.54) is 22.9 Å². The van der Waals surface area contributed by atoms with E-state index in [0.29, 0.717) is 47.0 Å². The summed E-state index contributed by atoms with van der Waals surface area (Å²) in [5, 5.41) is 10.2. The van der Waals surface area contributed by atoms with Gasteiger partial charge in [-0.15, -0.1) is 0 Å². The standard InChI is InChI=1S/C33H46F5NO2S/c1-31-15-13-27-26-10-9-25(40)20-23(26)19-22(30(27)28(31)11-12-29(31)41)7-3-2-4-16-39-17-5-8-24(39)21-42-18-6-14-32(34,35)33(36,37)38/h9-10,20,22,24,27-28,30,40H,2-8,11-19,21H2,1H3/t22-,24+,27-,28+,30-,31+/m1/s1. The number of likely N-dealkylation sites (tertiary alicyclic amines) is 1. The maximum Gasteiger partial charge on any atom is 0.453 e. The second kappa shape index (κ2) is 12.9. The Morgan fingerprint density at radius 3 is 2.67 bits per heavy atom. The number of hydrogen-bond acceptors (Lipinski definition) is 4. The summed E-state index contributed by atoms with van der Waals surface area (Å²) in [5.41, 5.74) is 2.51. The molecule has 5 rings (SSSR count). The normalized spacial score (nSPS) is 31.7. The fraction of sp³-hybridized carbons (Fsp3) is 0.788. The van der Waals surface area contributed by atoms with Crippen LogP contribution >= 0.6 is 11.8 Å². The number of Topliss-reactive ketones (excluding diaryl/α,β-unsaturated/α-hetero) is 1. The molecule has 1 N–H and O–H groups in total. The predicted molar refractivity (Wildman–Crippen MR) is 157 cm³/mol. The van der Waals surface area contributed by atoms with E-state index in [1.54, 1.807) is 0 Å². The molecule has 1 aromatic carbocycles. The van der Waals surface area contributed by atoms with Crippen LogP contribution in [-0.4, -0.2) is 58.5 Å². The lowest BCUT2D eigenvalue weighted by atomic mass is 9.52. The molecule has 1 heterocycles. The lowest BCUT2D eigenvalue weighted by Gasteiger charge is -2.51. The van der Waals surface area contributed by atoms with E-state index >= 15 is 0 Å². The van der Waals surface area contributed by atoms with Crippen molar-refractivity contribution in [2.24, 2.45) is 23.2 Å². The van der Waals surface area contributed by atoms with Gasteiger partial charge >= 0.3 is 12.1 Å². The molecular formula is C33H46F5NO2S. The number of rotatable bonds is 12. The zero-order valence-electron chi connectivity index (χ0n) is 24.7. The van der Waals surface area contributed by atoms with Gasteiger partial charge in [-0.3, -0.25) is 9.69 Å². The summed E-state index contributed by atoms with van der Waals surface area (Å²) in [5.74, 6) is -0.700. The molecule has 1 aromatic rings. The van der Waals surface area contributed by atoms with Gasteiger partial charge in [0.05, 0.1) is 0 Å². The minimum atomic E-state index is -5.46. The van der Waals surface area contributed by atoms with Gasteiger partial charge in [0.15, 0.2) is 0 Å². The maximum absolute atomic E-state index is 13.1. The quantitative estimate of drug-likeness (QED) is 0.189. The Balaban J connectivity index is 1.08. The molecular weight excluding hydrogens is 569 g/mol. The van der Waals surface area contributed by atoms with E-state index < -0.39 is 18.5 Å². The SMILES string of the molecule is C[C@]12CC[C@@H]3c4ccc(O)cc4C[C@@H](CCCCCN4CCC[C@H]4CSCCCC(F)(F)C(F)(F)F)[C@H]3[C@@H]1CCC2=O. The van der Waals surface area contributed by atoms with Crippen LogP contribution in [0.5, 0.6) is 5.75 Å². The third-order valence-electron chi connectivity index (χ3n) is 11.1. The summed E-state index contributed by atoms with van der Waals surface area (Å²) in [6.07, 6.45) is 4.67. The summed E-state index contributed by atoms with van der Waals surface area (Å²) < 4.78 is 63.3. The number of unbranched alkanes of at least 4 members (excludes halogenated alkanes) is 2. The summed E-state index contributed by atoms with van der Waals surface area (Å²) in [6, 6.07) is 6.28. The van der Waals surface area contributed by atoms with Gasteiger partial charge in [-0.2, -0.15) is 33.7 Å². The van der Waals surface area contributed by atoms with Crippen LogP contribution in [-0.2, 0) is 11.2 Å². The second-order valence-corrected chi connectivity index (χ2v) is 14.8. The topological polar surface area (TPSA) is 40.5 Å². The molecule has 1 saturated heterocycles. The van der Waals surface area contributed by atoms with Crippen molar-refractivity contribution in [3.05, 3.63) is 29.3 Å². The number of nitrogens with zero attached hydrogens (tertiary/aromatic N) is 1. The van der Waals surface area contributed by atoms with Crippen molar-refractivity contribution in [2.75, 3.05) is 24.6 Å². The van der Waals surface area contributed by atoms with Gasteiger partial charge in [-0.05, 0) is 124 Å². The minimum absolute atomic E-state index is 0.134. The number of benzene rings is 1. The molecule has 9 heteroatoms. The molecule has 3 aliphatic carbocycles. The lowest BCUT2D eigenvalue weighted by molar-refractivity contribution is -0.284. The zero-order valence-corrected chi connectivity index (χ0v) is 25.6. The number of ketones is 1. The first-order chi connectivity index (χ1) is 19.9. The van der Waals surface area contributed by atoms with E-state index in [-0.39, 0.29) is 11.8 Å². The molecule has 0 unspecified atom stereocenters. The van der Waals surface area contributed by atoms with Crippen LogP contribution < -0.4 is 0 Å². The van der Waals surface area contributed by atoms with Gasteiger partial charge in [0, 0.05) is 30.1 Å². The molecule has 0 bridgehead atoms. The highest BCUT2D eigenvalue weighted by Crippen LogP contribution is 2.61. The van der Waals surface area contributed by atoms with Crippen molar-refractivity contribution >= 4 is 17.5 Å². The Morgan fingerprint density at radius 1 is 1.07 bits per heavy atom. The third kappa shape index (κ3) is 6.67.